The molecule has 0 amide bonds. The molecule has 0 aromatic carbocycles. The van der Waals surface area contributed by atoms with Crippen molar-refractivity contribution >= 4 is 0 Å². The van der Waals surface area contributed by atoms with E-state index in [2.05, 4.69) is 45.2 Å². The van der Waals surface area contributed by atoms with Crippen molar-refractivity contribution in [2.24, 2.45) is 0 Å². The molecule has 10 heavy (non-hydrogen) atoms. The first-order valence-corrected chi connectivity index (χ1v) is 11.1. The van der Waals surface area contributed by atoms with Crippen LogP contribution in [-0.2, 0) is 15.3 Å². The van der Waals surface area contributed by atoms with Gasteiger partial charge in [0, 0.05) is 0 Å². The fourth-order valence-corrected chi connectivity index (χ4v) is 3.95. The summed E-state index contributed by atoms with van der Waals surface area (Å²) < 4.78 is 0.789. The zero-order valence-electron chi connectivity index (χ0n) is 7.39. The molecule has 0 fully saturated rings. The quantitative estimate of drug-likeness (QED) is 0.529. The number of hydrogen-bond acceptors (Lipinski definition) is 0. The summed E-state index contributed by atoms with van der Waals surface area (Å²) in [7, 11) is 0. The van der Waals surface area contributed by atoms with E-state index in [9.17, 15) is 0 Å². The van der Waals surface area contributed by atoms with Crippen LogP contribution in [0, 0.1) is 0 Å². The van der Waals surface area contributed by atoms with Crippen LogP contribution >= 0.6 is 0 Å². The maximum atomic E-state index is 2.47. The average Bonchev–Trinajstić information content (AvgIpc) is 2.04. The zero-order valence-corrected chi connectivity index (χ0v) is 8.95. The fraction of sp³-hybridized carbons (Fsp3) is 0.556. The van der Waals surface area contributed by atoms with E-state index >= 15 is 0 Å². The van der Waals surface area contributed by atoms with Crippen LogP contribution in [-0.4, -0.2) is 0 Å². The molecule has 57 valence electrons. The van der Waals surface area contributed by atoms with Gasteiger partial charge in [-0.25, -0.2) is 0 Å². The molecule has 1 aliphatic rings. The molecule has 0 spiro atoms. The molecule has 0 saturated carbocycles. The molecule has 1 heteroatoms. The van der Waals surface area contributed by atoms with Crippen molar-refractivity contribution in [2.75, 3.05) is 0 Å². The molecular weight excluding hydrogens is 156 g/mol. The van der Waals surface area contributed by atoms with Gasteiger partial charge < -0.3 is 0 Å². The first-order valence-electron chi connectivity index (χ1n) is 3.96. The van der Waals surface area contributed by atoms with E-state index in [1.54, 1.807) is 0 Å². The summed E-state index contributed by atoms with van der Waals surface area (Å²) in [4.78, 5) is 0. The second kappa shape index (κ2) is 2.09. The predicted molar refractivity (Wildman–Crippen MR) is 45.5 cm³/mol. The third-order valence-electron chi connectivity index (χ3n) is 2.08. The Kier molecular flexibility index (Phi) is 1.73. The van der Waals surface area contributed by atoms with Gasteiger partial charge >= 0.3 is 64.7 Å². The van der Waals surface area contributed by atoms with Gasteiger partial charge in [-0.1, -0.05) is 0 Å². The van der Waals surface area contributed by atoms with Crippen LogP contribution in [0.25, 0.3) is 0 Å². The van der Waals surface area contributed by atoms with Crippen molar-refractivity contribution in [1.82, 2.24) is 0 Å². The molecule has 0 aliphatic heterocycles. The van der Waals surface area contributed by atoms with Crippen LogP contribution in [0.2, 0.25) is 25.1 Å². The standard InChI is InChI=1S/C5H5.4CH3.Ti/c1-2-4-5-3-1;;;;;/h1-5H;4*1H3;. The third-order valence-corrected chi connectivity index (χ3v) is 6.85. The van der Waals surface area contributed by atoms with E-state index in [-0.39, 0.29) is 0 Å². The summed E-state index contributed by atoms with van der Waals surface area (Å²) in [6.07, 6.45) is 9.04. The normalized spacial score (nSPS) is 23.0. The molecule has 0 heterocycles. The Morgan fingerprint density at radius 2 is 1.30 bits per heavy atom. The summed E-state index contributed by atoms with van der Waals surface area (Å²) in [6, 6.07) is 0. The Labute approximate surface area is 64.9 Å². The Morgan fingerprint density at radius 3 is 1.50 bits per heavy atom. The molecule has 0 saturated heterocycles. The molecule has 1 aliphatic carbocycles. The molecule has 0 nitrogen and oxygen atoms in total. The van der Waals surface area contributed by atoms with Crippen LogP contribution in [0.1, 0.15) is 0 Å². The molecule has 0 unspecified atom stereocenters. The minimum atomic E-state index is -1.99. The van der Waals surface area contributed by atoms with E-state index in [4.69, 9.17) is 0 Å². The van der Waals surface area contributed by atoms with E-state index in [1.165, 1.54) is 0 Å². The first kappa shape index (κ1) is 8.29. The summed E-state index contributed by atoms with van der Waals surface area (Å²) >= 11 is -1.99. The van der Waals surface area contributed by atoms with Crippen molar-refractivity contribution < 1.29 is 15.3 Å². The Hall–Kier alpha value is 0.194. The summed E-state index contributed by atoms with van der Waals surface area (Å²) in [6.45, 7) is 0. The monoisotopic (exact) mass is 173 g/mol. The number of allylic oxidation sites excluding steroid dienone is 4. The second-order valence-electron chi connectivity index (χ2n) is 5.45. The van der Waals surface area contributed by atoms with Gasteiger partial charge in [0.25, 0.3) is 0 Å². The van der Waals surface area contributed by atoms with Crippen molar-refractivity contribution in [3.8, 4) is 0 Å². The topological polar surface area (TPSA) is 0 Å². The van der Waals surface area contributed by atoms with E-state index in [1.807, 2.05) is 0 Å². The Morgan fingerprint density at radius 1 is 0.900 bits per heavy atom. The van der Waals surface area contributed by atoms with Crippen molar-refractivity contribution in [1.29, 1.82) is 0 Å². The SMILES string of the molecule is [CH3][Ti]([CH3])([CH3])([CH3])[CH]1C=CC=C1. The molecule has 0 N–H and O–H groups in total. The molecule has 0 bridgehead atoms. The third kappa shape index (κ3) is 1.84. The van der Waals surface area contributed by atoms with Crippen LogP contribution in [0.4, 0.5) is 0 Å². The van der Waals surface area contributed by atoms with Gasteiger partial charge in [-0.15, -0.1) is 0 Å². The second-order valence-corrected chi connectivity index (χ2v) is 19.5. The molecule has 0 radical (unpaired) electrons. The van der Waals surface area contributed by atoms with Gasteiger partial charge in [0.15, 0.2) is 0 Å². The minimum absolute atomic E-state index is 0.789. The average molecular weight is 173 g/mol. The predicted octanol–water partition coefficient (Wildman–Crippen LogP) is 3.78. The fourth-order valence-electron chi connectivity index (χ4n) is 1.20. The van der Waals surface area contributed by atoms with Gasteiger partial charge in [-0.2, -0.15) is 0 Å². The summed E-state index contributed by atoms with van der Waals surface area (Å²) in [5, 5.41) is 9.90. The molecule has 0 aromatic rings. The molecular formula is C9H17Ti. The molecule has 0 aromatic heterocycles. The Bertz CT molecular complexity index is 169. The van der Waals surface area contributed by atoms with Crippen LogP contribution in [0.5, 0.6) is 0 Å². The van der Waals surface area contributed by atoms with Crippen molar-refractivity contribution in [2.45, 2.75) is 25.1 Å². The van der Waals surface area contributed by atoms with Crippen LogP contribution < -0.4 is 0 Å². The van der Waals surface area contributed by atoms with Gasteiger partial charge in [0.1, 0.15) is 0 Å². The van der Waals surface area contributed by atoms with Crippen LogP contribution in [0.3, 0.4) is 0 Å². The van der Waals surface area contributed by atoms with Gasteiger partial charge in [0.05, 0.1) is 0 Å². The van der Waals surface area contributed by atoms with Crippen molar-refractivity contribution in [3.63, 3.8) is 0 Å². The van der Waals surface area contributed by atoms with Crippen LogP contribution in [0.15, 0.2) is 24.3 Å². The van der Waals surface area contributed by atoms with Gasteiger partial charge in [-0.05, 0) is 0 Å². The van der Waals surface area contributed by atoms with E-state index in [0.717, 1.165) is 4.22 Å². The van der Waals surface area contributed by atoms with E-state index in [0.29, 0.717) is 0 Å². The van der Waals surface area contributed by atoms with Crippen molar-refractivity contribution in [3.05, 3.63) is 24.3 Å². The first-order chi connectivity index (χ1) is 4.36. The van der Waals surface area contributed by atoms with Gasteiger partial charge in [-0.3, -0.25) is 0 Å². The summed E-state index contributed by atoms with van der Waals surface area (Å²) in [5.74, 6) is 0. The number of rotatable bonds is 1. The Balaban J connectivity index is 2.85. The zero-order chi connectivity index (χ0) is 7.85. The number of hydrogen-bond donors (Lipinski definition) is 0. The van der Waals surface area contributed by atoms with Gasteiger partial charge in [0.2, 0.25) is 0 Å². The molecule has 1 rings (SSSR count). The maximum absolute atomic E-state index is 2.47. The van der Waals surface area contributed by atoms with E-state index < -0.39 is 15.3 Å². The molecule has 0 atom stereocenters. The summed E-state index contributed by atoms with van der Waals surface area (Å²) in [5.41, 5.74) is 0.